The highest BCUT2D eigenvalue weighted by Crippen LogP contribution is 2.37. The number of ether oxygens (including phenoxy) is 1. The average Bonchev–Trinajstić information content (AvgIpc) is 3.36. The molecule has 0 fully saturated rings. The summed E-state index contributed by atoms with van der Waals surface area (Å²) in [5, 5.41) is 13.5. The van der Waals surface area contributed by atoms with E-state index >= 15 is 0 Å². The second kappa shape index (κ2) is 12.6. The highest BCUT2D eigenvalue weighted by atomic mass is 16.6. The minimum absolute atomic E-state index is 0.0429. The molecule has 0 saturated carbocycles. The van der Waals surface area contributed by atoms with Crippen LogP contribution in [0, 0.1) is 0 Å². The van der Waals surface area contributed by atoms with Gasteiger partial charge in [0.25, 0.3) is 11.6 Å². The van der Waals surface area contributed by atoms with Gasteiger partial charge in [0, 0.05) is 29.7 Å². The topological polar surface area (TPSA) is 128 Å². The number of rotatable bonds is 13. The summed E-state index contributed by atoms with van der Waals surface area (Å²) < 4.78 is 7.08. The van der Waals surface area contributed by atoms with Crippen LogP contribution in [0.3, 0.4) is 0 Å². The molecule has 0 radical (unpaired) electrons. The van der Waals surface area contributed by atoms with Gasteiger partial charge >= 0.3 is 11.9 Å². The number of carbonyl (C=O) groups is 3. The van der Waals surface area contributed by atoms with E-state index < -0.39 is 23.6 Å². The van der Waals surface area contributed by atoms with Crippen molar-refractivity contribution < 1.29 is 24.2 Å². The maximum atomic E-state index is 13.2. The Kier molecular flexibility index (Phi) is 9.34. The number of amides is 1. The average molecular weight is 505 g/mol. The van der Waals surface area contributed by atoms with Crippen LogP contribution in [0.25, 0.3) is 22.4 Å². The van der Waals surface area contributed by atoms with Crippen LogP contribution >= 0.6 is 0 Å². The van der Waals surface area contributed by atoms with E-state index in [0.29, 0.717) is 24.7 Å². The van der Waals surface area contributed by atoms with Crippen molar-refractivity contribution in [3.8, 4) is 22.4 Å². The Balaban J connectivity index is 2.20. The molecule has 3 rings (SSSR count). The van der Waals surface area contributed by atoms with Gasteiger partial charge in [-0.1, -0.05) is 74.5 Å². The predicted molar refractivity (Wildman–Crippen MR) is 140 cm³/mol. The van der Waals surface area contributed by atoms with Crippen molar-refractivity contribution in [3.63, 3.8) is 0 Å². The van der Waals surface area contributed by atoms with E-state index in [2.05, 4.69) is 10.00 Å². The van der Waals surface area contributed by atoms with Crippen molar-refractivity contribution in [2.75, 3.05) is 19.6 Å². The van der Waals surface area contributed by atoms with Crippen LogP contribution in [0.4, 0.5) is 0 Å². The molecule has 0 spiro atoms. The Morgan fingerprint density at radius 1 is 1.00 bits per heavy atom. The largest absolute Gasteiger partial charge is 0.478 e. The highest BCUT2D eigenvalue weighted by Gasteiger charge is 2.45. The molecule has 194 valence electrons. The SMILES string of the molecule is CCN(CC)CCCC(OC(=O)/C=C/C(=O)O)(C(N)=O)n1ncc(-c2ccccc2)c1-c1ccccc1. The molecule has 0 bridgehead atoms. The molecule has 37 heavy (non-hydrogen) atoms. The molecule has 3 aromatic rings. The zero-order chi connectivity index (χ0) is 26.8. The van der Waals surface area contributed by atoms with E-state index in [9.17, 15) is 14.4 Å². The van der Waals surface area contributed by atoms with E-state index in [0.717, 1.165) is 35.9 Å². The number of primary amides is 1. The third kappa shape index (κ3) is 6.50. The zero-order valence-electron chi connectivity index (χ0n) is 21.0. The van der Waals surface area contributed by atoms with E-state index in [4.69, 9.17) is 15.6 Å². The molecule has 1 atom stereocenters. The van der Waals surface area contributed by atoms with Gasteiger partial charge in [-0.05, 0) is 31.6 Å². The molecule has 0 aliphatic rings. The van der Waals surface area contributed by atoms with Crippen LogP contribution < -0.4 is 5.73 Å². The lowest BCUT2D eigenvalue weighted by Crippen LogP contribution is -2.51. The maximum absolute atomic E-state index is 13.2. The fourth-order valence-corrected chi connectivity index (χ4v) is 4.22. The Hall–Kier alpha value is -4.24. The Labute approximate surface area is 216 Å². The molecule has 1 heterocycles. The number of aliphatic carboxylic acids is 1. The molecule has 1 unspecified atom stereocenters. The zero-order valence-corrected chi connectivity index (χ0v) is 21.0. The van der Waals surface area contributed by atoms with Gasteiger partial charge in [0.15, 0.2) is 0 Å². The number of nitrogens with zero attached hydrogens (tertiary/aromatic N) is 3. The third-order valence-electron chi connectivity index (χ3n) is 6.14. The van der Waals surface area contributed by atoms with Crippen molar-refractivity contribution >= 4 is 17.8 Å². The van der Waals surface area contributed by atoms with Gasteiger partial charge in [-0.15, -0.1) is 0 Å². The van der Waals surface area contributed by atoms with Crippen LogP contribution in [0.5, 0.6) is 0 Å². The Morgan fingerprint density at radius 2 is 1.59 bits per heavy atom. The van der Waals surface area contributed by atoms with Crippen LogP contribution in [0.15, 0.2) is 79.0 Å². The number of carboxylic acid groups (broad SMARTS) is 1. The van der Waals surface area contributed by atoms with E-state index in [1.54, 1.807) is 6.20 Å². The first-order valence-electron chi connectivity index (χ1n) is 12.2. The summed E-state index contributed by atoms with van der Waals surface area (Å²) in [6.45, 7) is 6.34. The van der Waals surface area contributed by atoms with Gasteiger partial charge in [-0.2, -0.15) is 5.10 Å². The summed E-state index contributed by atoms with van der Waals surface area (Å²) >= 11 is 0. The lowest BCUT2D eigenvalue weighted by molar-refractivity contribution is -0.178. The summed E-state index contributed by atoms with van der Waals surface area (Å²) in [5.74, 6) is -3.25. The smallest absolute Gasteiger partial charge is 0.333 e. The number of hydrogen-bond donors (Lipinski definition) is 2. The number of esters is 1. The molecule has 9 nitrogen and oxygen atoms in total. The molecule has 9 heteroatoms. The number of benzene rings is 2. The number of carbonyl (C=O) groups excluding carboxylic acids is 2. The van der Waals surface area contributed by atoms with Gasteiger partial charge in [0.2, 0.25) is 0 Å². The molecular formula is C28H32N4O5. The summed E-state index contributed by atoms with van der Waals surface area (Å²) in [5.41, 5.74) is 6.82. The standard InChI is InChI=1S/C28H32N4O5/c1-3-31(4-2)19-11-18-28(27(29)36,37-25(35)17-16-24(33)34)32-26(22-14-9-6-10-15-22)23(20-30-32)21-12-7-5-8-13-21/h5-10,12-17,20H,3-4,11,18-19H2,1-2H3,(H2,29,36)(H,33,34)/b17-16+. The first-order valence-corrected chi connectivity index (χ1v) is 12.2. The van der Waals surface area contributed by atoms with Crippen molar-refractivity contribution in [2.24, 2.45) is 5.73 Å². The molecule has 0 aliphatic carbocycles. The van der Waals surface area contributed by atoms with Crippen LogP contribution in [-0.4, -0.2) is 57.3 Å². The van der Waals surface area contributed by atoms with E-state index in [1.807, 2.05) is 74.5 Å². The van der Waals surface area contributed by atoms with Crippen LogP contribution in [0.2, 0.25) is 0 Å². The van der Waals surface area contributed by atoms with Crippen LogP contribution in [-0.2, 0) is 24.8 Å². The number of nitrogens with two attached hydrogens (primary N) is 1. The number of aromatic nitrogens is 2. The third-order valence-corrected chi connectivity index (χ3v) is 6.14. The number of hydrogen-bond acceptors (Lipinski definition) is 6. The monoisotopic (exact) mass is 504 g/mol. The van der Waals surface area contributed by atoms with Crippen LogP contribution in [0.1, 0.15) is 26.7 Å². The minimum atomic E-state index is -1.99. The lowest BCUT2D eigenvalue weighted by atomic mass is 9.99. The van der Waals surface area contributed by atoms with Crippen molar-refractivity contribution in [1.82, 2.24) is 14.7 Å². The molecule has 2 aromatic carbocycles. The van der Waals surface area contributed by atoms with Gasteiger partial charge in [0.1, 0.15) is 0 Å². The lowest BCUT2D eigenvalue weighted by Gasteiger charge is -2.32. The fourth-order valence-electron chi connectivity index (χ4n) is 4.22. The molecule has 1 amide bonds. The van der Waals surface area contributed by atoms with Crippen molar-refractivity contribution in [1.29, 1.82) is 0 Å². The second-order valence-electron chi connectivity index (χ2n) is 8.42. The summed E-state index contributed by atoms with van der Waals surface area (Å²) in [6, 6.07) is 18.8. The quantitative estimate of drug-likeness (QED) is 0.269. The molecular weight excluding hydrogens is 472 g/mol. The fraction of sp³-hybridized carbons (Fsp3) is 0.286. The van der Waals surface area contributed by atoms with Gasteiger partial charge < -0.3 is 20.5 Å². The van der Waals surface area contributed by atoms with Gasteiger partial charge in [0.05, 0.1) is 11.9 Å². The van der Waals surface area contributed by atoms with Crippen molar-refractivity contribution in [3.05, 3.63) is 79.0 Å². The van der Waals surface area contributed by atoms with Gasteiger partial charge in [-0.3, -0.25) is 4.79 Å². The molecule has 0 saturated heterocycles. The normalized spacial score (nSPS) is 12.9. The Morgan fingerprint density at radius 3 is 2.14 bits per heavy atom. The summed E-state index contributed by atoms with van der Waals surface area (Å²) in [7, 11) is 0. The first kappa shape index (κ1) is 27.3. The highest BCUT2D eigenvalue weighted by molar-refractivity contribution is 5.93. The molecule has 0 aliphatic heterocycles. The van der Waals surface area contributed by atoms with E-state index in [1.165, 1.54) is 4.68 Å². The first-order chi connectivity index (χ1) is 17.8. The number of carboxylic acids is 1. The minimum Gasteiger partial charge on any atom is -0.478 e. The van der Waals surface area contributed by atoms with Crippen molar-refractivity contribution in [2.45, 2.75) is 32.4 Å². The molecule has 1 aromatic heterocycles. The van der Waals surface area contributed by atoms with Gasteiger partial charge in [-0.25, -0.2) is 14.3 Å². The summed E-state index contributed by atoms with van der Waals surface area (Å²) in [4.78, 5) is 39.1. The maximum Gasteiger partial charge on any atom is 0.333 e. The molecule has 3 N–H and O–H groups in total. The van der Waals surface area contributed by atoms with E-state index in [-0.39, 0.29) is 6.42 Å². The Bertz CT molecular complexity index is 1240. The predicted octanol–water partition coefficient (Wildman–Crippen LogP) is 3.66. The summed E-state index contributed by atoms with van der Waals surface area (Å²) in [6.07, 6.45) is 3.53. The second-order valence-corrected chi connectivity index (χ2v) is 8.42.